The number of methoxy groups -OCH3 is 1. The number of benzene rings is 2. The number of ether oxygens (including phenoxy) is 1. The standard InChI is InChI=1S/C19H17N5O3/c1-11(18(25)26)20-19-21-15-6-4-3-5-14(15)17-22-16(23-24(17)19)12-7-9-13(27-2)10-8-12/h3-11H,1-2H3,(H,20,21)(H,25,26). The van der Waals surface area contributed by atoms with Crippen LogP contribution < -0.4 is 10.1 Å². The zero-order chi connectivity index (χ0) is 19.0. The van der Waals surface area contributed by atoms with Crippen molar-refractivity contribution < 1.29 is 14.6 Å². The molecule has 0 saturated heterocycles. The minimum Gasteiger partial charge on any atom is -0.497 e. The first-order valence-electron chi connectivity index (χ1n) is 8.36. The highest BCUT2D eigenvalue weighted by Crippen LogP contribution is 2.25. The van der Waals surface area contributed by atoms with Crippen LogP contribution in [0.15, 0.2) is 48.5 Å². The first-order valence-corrected chi connectivity index (χ1v) is 8.36. The summed E-state index contributed by atoms with van der Waals surface area (Å²) in [4.78, 5) is 20.4. The monoisotopic (exact) mass is 363 g/mol. The molecule has 1 unspecified atom stereocenters. The SMILES string of the molecule is COc1ccc(-c2nc3c4ccccc4nc(NC(C)C(=O)O)n3n2)cc1. The van der Waals surface area contributed by atoms with E-state index in [2.05, 4.69) is 20.4 Å². The lowest BCUT2D eigenvalue weighted by atomic mass is 10.2. The Morgan fingerprint density at radius 2 is 1.89 bits per heavy atom. The molecular weight excluding hydrogens is 346 g/mol. The van der Waals surface area contributed by atoms with Crippen LogP contribution in [0.4, 0.5) is 5.95 Å². The van der Waals surface area contributed by atoms with Gasteiger partial charge >= 0.3 is 5.97 Å². The lowest BCUT2D eigenvalue weighted by molar-refractivity contribution is -0.137. The van der Waals surface area contributed by atoms with Crippen LogP contribution in [-0.4, -0.2) is 43.8 Å². The van der Waals surface area contributed by atoms with Gasteiger partial charge in [-0.15, -0.1) is 5.10 Å². The van der Waals surface area contributed by atoms with Gasteiger partial charge in [0.25, 0.3) is 0 Å². The number of aromatic nitrogens is 4. The fourth-order valence-corrected chi connectivity index (χ4v) is 2.77. The molecule has 0 aliphatic carbocycles. The molecule has 8 heteroatoms. The van der Waals surface area contributed by atoms with E-state index in [9.17, 15) is 9.90 Å². The van der Waals surface area contributed by atoms with Gasteiger partial charge in [-0.2, -0.15) is 4.52 Å². The van der Waals surface area contributed by atoms with Gasteiger partial charge in [0.1, 0.15) is 11.8 Å². The first-order chi connectivity index (χ1) is 13.1. The van der Waals surface area contributed by atoms with Crippen molar-refractivity contribution in [2.45, 2.75) is 13.0 Å². The zero-order valence-electron chi connectivity index (χ0n) is 14.7. The molecule has 4 aromatic rings. The van der Waals surface area contributed by atoms with Crippen molar-refractivity contribution in [3.05, 3.63) is 48.5 Å². The molecule has 1 atom stereocenters. The Morgan fingerprint density at radius 3 is 2.59 bits per heavy atom. The van der Waals surface area contributed by atoms with E-state index in [0.29, 0.717) is 22.9 Å². The largest absolute Gasteiger partial charge is 0.497 e. The third kappa shape index (κ3) is 3.01. The molecule has 2 N–H and O–H groups in total. The second kappa shape index (κ2) is 6.56. The third-order valence-corrected chi connectivity index (χ3v) is 4.24. The summed E-state index contributed by atoms with van der Waals surface area (Å²) in [5, 5.41) is 17.5. The van der Waals surface area contributed by atoms with E-state index >= 15 is 0 Å². The highest BCUT2D eigenvalue weighted by atomic mass is 16.5. The number of anilines is 1. The number of carbonyl (C=O) groups is 1. The van der Waals surface area contributed by atoms with Gasteiger partial charge in [0.15, 0.2) is 11.5 Å². The number of nitrogens with zero attached hydrogens (tertiary/aromatic N) is 4. The average molecular weight is 363 g/mol. The molecule has 2 aromatic heterocycles. The summed E-state index contributed by atoms with van der Waals surface area (Å²) < 4.78 is 6.73. The fourth-order valence-electron chi connectivity index (χ4n) is 2.77. The smallest absolute Gasteiger partial charge is 0.325 e. The fraction of sp³-hybridized carbons (Fsp3) is 0.158. The van der Waals surface area contributed by atoms with E-state index in [1.807, 2.05) is 48.5 Å². The molecule has 0 saturated carbocycles. The van der Waals surface area contributed by atoms with Crippen molar-refractivity contribution in [2.75, 3.05) is 12.4 Å². The Kier molecular flexibility index (Phi) is 4.08. The lowest BCUT2D eigenvalue weighted by Crippen LogP contribution is -2.27. The van der Waals surface area contributed by atoms with Crippen LogP contribution in [0.3, 0.4) is 0 Å². The molecule has 0 amide bonds. The molecule has 0 spiro atoms. The van der Waals surface area contributed by atoms with Crippen LogP contribution in [0.1, 0.15) is 6.92 Å². The minimum atomic E-state index is -0.978. The van der Waals surface area contributed by atoms with Crippen molar-refractivity contribution in [1.29, 1.82) is 0 Å². The van der Waals surface area contributed by atoms with Crippen LogP contribution in [0.5, 0.6) is 5.75 Å². The molecule has 27 heavy (non-hydrogen) atoms. The number of hydrogen-bond acceptors (Lipinski definition) is 6. The molecule has 8 nitrogen and oxygen atoms in total. The summed E-state index contributed by atoms with van der Waals surface area (Å²) in [6.07, 6.45) is 0. The Labute approximate surface area is 154 Å². The van der Waals surface area contributed by atoms with Crippen LogP contribution in [0.2, 0.25) is 0 Å². The molecule has 0 radical (unpaired) electrons. The van der Waals surface area contributed by atoms with Crippen LogP contribution >= 0.6 is 0 Å². The Balaban J connectivity index is 1.91. The second-order valence-corrected chi connectivity index (χ2v) is 6.06. The van der Waals surface area contributed by atoms with Crippen LogP contribution in [0.25, 0.3) is 27.9 Å². The first kappa shape index (κ1) is 16.8. The van der Waals surface area contributed by atoms with Gasteiger partial charge in [-0.1, -0.05) is 12.1 Å². The summed E-state index contributed by atoms with van der Waals surface area (Å²) in [6, 6.07) is 14.1. The summed E-state index contributed by atoms with van der Waals surface area (Å²) in [5.74, 6) is 0.605. The number of aliphatic carboxylic acids is 1. The highest BCUT2D eigenvalue weighted by molar-refractivity contribution is 5.93. The van der Waals surface area contributed by atoms with Crippen LogP contribution in [0, 0.1) is 0 Å². The number of rotatable bonds is 5. The number of fused-ring (bicyclic) bond motifs is 3. The molecule has 136 valence electrons. The van der Waals surface area contributed by atoms with Gasteiger partial charge in [-0.05, 0) is 43.3 Å². The molecule has 0 bridgehead atoms. The molecule has 2 heterocycles. The van der Waals surface area contributed by atoms with Gasteiger partial charge in [0.05, 0.1) is 12.6 Å². The number of para-hydroxylation sites is 1. The third-order valence-electron chi connectivity index (χ3n) is 4.24. The van der Waals surface area contributed by atoms with E-state index < -0.39 is 12.0 Å². The van der Waals surface area contributed by atoms with Crippen molar-refractivity contribution in [3.8, 4) is 17.1 Å². The lowest BCUT2D eigenvalue weighted by Gasteiger charge is -2.11. The van der Waals surface area contributed by atoms with E-state index in [1.54, 1.807) is 18.5 Å². The number of carboxylic acid groups (broad SMARTS) is 1. The van der Waals surface area contributed by atoms with Crippen molar-refractivity contribution >= 4 is 28.5 Å². The van der Waals surface area contributed by atoms with Gasteiger partial charge in [0, 0.05) is 10.9 Å². The second-order valence-electron chi connectivity index (χ2n) is 6.06. The number of nitrogens with one attached hydrogen (secondary N) is 1. The van der Waals surface area contributed by atoms with Crippen LogP contribution in [-0.2, 0) is 4.79 Å². The molecule has 0 aliphatic heterocycles. The molecule has 0 fully saturated rings. The number of hydrogen-bond donors (Lipinski definition) is 2. The molecule has 4 rings (SSSR count). The summed E-state index contributed by atoms with van der Waals surface area (Å²) in [5.41, 5.74) is 2.13. The quantitative estimate of drug-likeness (QED) is 0.562. The van der Waals surface area contributed by atoms with Crippen molar-refractivity contribution in [3.63, 3.8) is 0 Å². The van der Waals surface area contributed by atoms with Gasteiger partial charge in [0.2, 0.25) is 5.95 Å². The maximum atomic E-state index is 11.2. The van der Waals surface area contributed by atoms with Crippen molar-refractivity contribution in [2.24, 2.45) is 0 Å². The predicted octanol–water partition coefficient (Wildman–Crippen LogP) is 2.84. The normalized spacial score (nSPS) is 12.2. The zero-order valence-corrected chi connectivity index (χ0v) is 14.7. The van der Waals surface area contributed by atoms with Gasteiger partial charge in [-0.3, -0.25) is 4.79 Å². The Hall–Kier alpha value is -3.68. The van der Waals surface area contributed by atoms with E-state index in [-0.39, 0.29) is 0 Å². The highest BCUT2D eigenvalue weighted by Gasteiger charge is 2.18. The summed E-state index contributed by atoms with van der Waals surface area (Å²) >= 11 is 0. The maximum Gasteiger partial charge on any atom is 0.325 e. The Bertz CT molecular complexity index is 1140. The predicted molar refractivity (Wildman–Crippen MR) is 101 cm³/mol. The molecule has 2 aromatic carbocycles. The van der Waals surface area contributed by atoms with Crippen molar-refractivity contribution in [1.82, 2.24) is 19.6 Å². The topological polar surface area (TPSA) is 102 Å². The van der Waals surface area contributed by atoms with Gasteiger partial charge < -0.3 is 15.2 Å². The van der Waals surface area contributed by atoms with E-state index in [0.717, 1.165) is 16.7 Å². The van der Waals surface area contributed by atoms with E-state index in [4.69, 9.17) is 4.74 Å². The number of carboxylic acids is 1. The van der Waals surface area contributed by atoms with E-state index in [1.165, 1.54) is 0 Å². The minimum absolute atomic E-state index is 0.325. The Morgan fingerprint density at radius 1 is 1.15 bits per heavy atom. The summed E-state index contributed by atoms with van der Waals surface area (Å²) in [7, 11) is 1.61. The summed E-state index contributed by atoms with van der Waals surface area (Å²) in [6.45, 7) is 1.55. The average Bonchev–Trinajstić information content (AvgIpc) is 3.14. The molecular formula is C19H17N5O3. The maximum absolute atomic E-state index is 11.2. The molecule has 0 aliphatic rings. The van der Waals surface area contributed by atoms with Gasteiger partial charge in [-0.25, -0.2) is 9.97 Å².